The molecule has 2 nitrogen and oxygen atoms in total. The lowest BCUT2D eigenvalue weighted by Crippen LogP contribution is -1.94. The van der Waals surface area contributed by atoms with Crippen molar-refractivity contribution in [1.29, 1.82) is 0 Å². The smallest absolute Gasteiger partial charge is 0.163 e. The summed E-state index contributed by atoms with van der Waals surface area (Å²) in [5.41, 5.74) is 3.11. The van der Waals surface area contributed by atoms with Crippen molar-refractivity contribution in [2.45, 2.75) is 25.7 Å². The molecule has 0 amide bonds. The first-order valence-electron chi connectivity index (χ1n) is 7.18. The number of carbonyl (C=O) groups excluding carboxylic acids is 2. The molecule has 0 spiro atoms. The number of benzene rings is 2. The van der Waals surface area contributed by atoms with Crippen molar-refractivity contribution in [3.63, 3.8) is 0 Å². The van der Waals surface area contributed by atoms with Gasteiger partial charge in [-0.1, -0.05) is 24.3 Å². The number of hydrogen-bond donors (Lipinski definition) is 0. The second-order valence-corrected chi connectivity index (χ2v) is 5.43. The van der Waals surface area contributed by atoms with Gasteiger partial charge in [-0.2, -0.15) is 0 Å². The van der Waals surface area contributed by atoms with Crippen molar-refractivity contribution >= 4 is 11.6 Å². The van der Waals surface area contributed by atoms with Crippen LogP contribution in [0.5, 0.6) is 0 Å². The van der Waals surface area contributed by atoms with Gasteiger partial charge in [0.2, 0.25) is 0 Å². The second kappa shape index (κ2) is 5.79. The first-order chi connectivity index (χ1) is 10.6. The van der Waals surface area contributed by atoms with Gasteiger partial charge in [0.15, 0.2) is 23.2 Å². The van der Waals surface area contributed by atoms with Gasteiger partial charge in [-0.25, -0.2) is 8.78 Å². The molecule has 0 N–H and O–H groups in total. The topological polar surface area (TPSA) is 34.1 Å². The van der Waals surface area contributed by atoms with E-state index in [1.807, 2.05) is 24.3 Å². The molecular formula is C18H14F2O2. The average molecular weight is 300 g/mol. The fourth-order valence-corrected chi connectivity index (χ4v) is 2.83. The summed E-state index contributed by atoms with van der Waals surface area (Å²) in [6.07, 6.45) is 2.55. The Hall–Kier alpha value is -2.36. The number of carbonyl (C=O) groups is 2. The van der Waals surface area contributed by atoms with Crippen molar-refractivity contribution < 1.29 is 18.4 Å². The van der Waals surface area contributed by atoms with Gasteiger partial charge in [-0.3, -0.25) is 9.59 Å². The van der Waals surface area contributed by atoms with Gasteiger partial charge in [0, 0.05) is 24.0 Å². The van der Waals surface area contributed by atoms with Gasteiger partial charge >= 0.3 is 0 Å². The van der Waals surface area contributed by atoms with E-state index in [1.165, 1.54) is 5.56 Å². The number of ketones is 2. The molecule has 0 saturated heterocycles. The molecule has 0 radical (unpaired) electrons. The molecule has 2 aromatic rings. The van der Waals surface area contributed by atoms with Crippen LogP contribution in [-0.2, 0) is 12.8 Å². The zero-order valence-corrected chi connectivity index (χ0v) is 11.9. The Balaban J connectivity index is 0.000000133. The van der Waals surface area contributed by atoms with Crippen LogP contribution in [0.15, 0.2) is 36.4 Å². The molecule has 4 heteroatoms. The largest absolute Gasteiger partial charge is 0.294 e. The van der Waals surface area contributed by atoms with E-state index in [2.05, 4.69) is 0 Å². The third-order valence-electron chi connectivity index (χ3n) is 4.01. The Morgan fingerprint density at radius 2 is 1.27 bits per heavy atom. The highest BCUT2D eigenvalue weighted by molar-refractivity contribution is 6.00. The van der Waals surface area contributed by atoms with E-state index < -0.39 is 11.6 Å². The Kier molecular flexibility index (Phi) is 3.84. The fourth-order valence-electron chi connectivity index (χ4n) is 2.83. The van der Waals surface area contributed by atoms with E-state index in [9.17, 15) is 18.4 Å². The fraction of sp³-hybridized carbons (Fsp3) is 0.222. The first kappa shape index (κ1) is 14.6. The quantitative estimate of drug-likeness (QED) is 0.739. The Morgan fingerprint density at radius 3 is 2.00 bits per heavy atom. The summed E-state index contributed by atoms with van der Waals surface area (Å²) in [4.78, 5) is 22.1. The zero-order valence-electron chi connectivity index (χ0n) is 11.9. The summed E-state index contributed by atoms with van der Waals surface area (Å²) in [5, 5.41) is 0. The summed E-state index contributed by atoms with van der Waals surface area (Å²) >= 11 is 0. The number of rotatable bonds is 0. The third-order valence-corrected chi connectivity index (χ3v) is 4.01. The van der Waals surface area contributed by atoms with Crippen LogP contribution in [0.25, 0.3) is 0 Å². The molecule has 0 bridgehead atoms. The van der Waals surface area contributed by atoms with E-state index in [4.69, 9.17) is 0 Å². The van der Waals surface area contributed by atoms with Crippen molar-refractivity contribution in [2.24, 2.45) is 0 Å². The molecule has 2 aliphatic carbocycles. The van der Waals surface area contributed by atoms with Gasteiger partial charge in [-0.05, 0) is 36.1 Å². The maximum absolute atomic E-state index is 12.6. The minimum atomic E-state index is -0.941. The van der Waals surface area contributed by atoms with E-state index in [0.717, 1.165) is 24.1 Å². The standard InChI is InChI=1S/C9H6F2O.C9H8O/c10-7-3-5-1-2-9(12)6(5)4-8(7)11;10-9-6-5-7-3-1-2-4-8(7)9/h3-4H,1-2H2;1-4H,5-6H2. The highest BCUT2D eigenvalue weighted by Gasteiger charge is 2.21. The lowest BCUT2D eigenvalue weighted by atomic mass is 10.1. The third kappa shape index (κ3) is 2.69. The predicted molar refractivity (Wildman–Crippen MR) is 78.1 cm³/mol. The molecule has 2 aliphatic rings. The van der Waals surface area contributed by atoms with E-state index in [-0.39, 0.29) is 5.78 Å². The number of aryl methyl sites for hydroxylation is 2. The van der Waals surface area contributed by atoms with Crippen molar-refractivity contribution in [3.8, 4) is 0 Å². The van der Waals surface area contributed by atoms with Gasteiger partial charge in [-0.15, -0.1) is 0 Å². The average Bonchev–Trinajstić information content (AvgIpc) is 3.06. The van der Waals surface area contributed by atoms with Crippen LogP contribution in [0.2, 0.25) is 0 Å². The van der Waals surface area contributed by atoms with Crippen molar-refractivity contribution in [3.05, 3.63) is 70.3 Å². The van der Waals surface area contributed by atoms with Crippen molar-refractivity contribution in [1.82, 2.24) is 0 Å². The molecule has 0 unspecified atom stereocenters. The molecule has 0 fully saturated rings. The minimum Gasteiger partial charge on any atom is -0.294 e. The van der Waals surface area contributed by atoms with Crippen molar-refractivity contribution in [2.75, 3.05) is 0 Å². The lowest BCUT2D eigenvalue weighted by molar-refractivity contribution is 0.0986. The van der Waals surface area contributed by atoms with E-state index in [1.54, 1.807) is 0 Å². The SMILES string of the molecule is O=C1CCc2cc(F)c(F)cc21.O=C1CCc2ccccc21. The van der Waals surface area contributed by atoms with Crippen LogP contribution in [0, 0.1) is 11.6 Å². The summed E-state index contributed by atoms with van der Waals surface area (Å²) in [5.74, 6) is -1.60. The number of fused-ring (bicyclic) bond motifs is 2. The number of hydrogen-bond acceptors (Lipinski definition) is 2. The molecule has 112 valence electrons. The first-order valence-corrected chi connectivity index (χ1v) is 7.18. The van der Waals surface area contributed by atoms with Crippen LogP contribution in [-0.4, -0.2) is 11.6 Å². The van der Waals surface area contributed by atoms with Gasteiger partial charge in [0.1, 0.15) is 0 Å². The maximum Gasteiger partial charge on any atom is 0.163 e. The van der Waals surface area contributed by atoms with Crippen LogP contribution in [0.1, 0.15) is 44.7 Å². The highest BCUT2D eigenvalue weighted by Crippen LogP contribution is 2.24. The molecule has 0 aliphatic heterocycles. The number of Topliss-reactive ketones (excluding diaryl/α,β-unsaturated/α-hetero) is 2. The second-order valence-electron chi connectivity index (χ2n) is 5.43. The Labute approximate surface area is 126 Å². The van der Waals surface area contributed by atoms with Gasteiger partial charge < -0.3 is 0 Å². The van der Waals surface area contributed by atoms with E-state index >= 15 is 0 Å². The molecule has 0 atom stereocenters. The van der Waals surface area contributed by atoms with Crippen LogP contribution in [0.4, 0.5) is 8.78 Å². The monoisotopic (exact) mass is 300 g/mol. The minimum absolute atomic E-state index is 0.0936. The molecule has 2 aromatic carbocycles. The molecule has 0 heterocycles. The van der Waals surface area contributed by atoms with E-state index in [0.29, 0.717) is 36.2 Å². The molecule has 4 rings (SSSR count). The van der Waals surface area contributed by atoms with Gasteiger partial charge in [0.25, 0.3) is 0 Å². The summed E-state index contributed by atoms with van der Waals surface area (Å²) < 4.78 is 25.2. The Bertz CT molecular complexity index is 766. The normalized spacial score (nSPS) is 15.2. The molecule has 22 heavy (non-hydrogen) atoms. The summed E-state index contributed by atoms with van der Waals surface area (Å²) in [6.45, 7) is 0. The molecular weight excluding hydrogens is 286 g/mol. The molecule has 0 saturated carbocycles. The molecule has 0 aromatic heterocycles. The summed E-state index contributed by atoms with van der Waals surface area (Å²) in [7, 11) is 0. The Morgan fingerprint density at radius 1 is 0.682 bits per heavy atom. The van der Waals surface area contributed by atoms with Gasteiger partial charge in [0.05, 0.1) is 0 Å². The van der Waals surface area contributed by atoms with Crippen LogP contribution >= 0.6 is 0 Å². The van der Waals surface area contributed by atoms with Crippen LogP contribution < -0.4 is 0 Å². The number of halogens is 2. The highest BCUT2D eigenvalue weighted by atomic mass is 19.2. The summed E-state index contributed by atoms with van der Waals surface area (Å²) in [6, 6.07) is 9.93. The predicted octanol–water partition coefficient (Wildman–Crippen LogP) is 3.91. The maximum atomic E-state index is 12.6. The lowest BCUT2D eigenvalue weighted by Gasteiger charge is -1.97. The van der Waals surface area contributed by atoms with Crippen LogP contribution in [0.3, 0.4) is 0 Å². The zero-order chi connectivity index (χ0) is 15.7.